The molecule has 11 nitrogen and oxygen atoms in total. The molecule has 450 valence electrons. The molecule has 1 heterocycles. The number of ether oxygens (including phenoxy) is 3. The molecule has 0 aromatic heterocycles. The molecule has 1 rings (SSSR count). The number of allylic oxidation sites excluding steroid dienone is 13. The maximum Gasteiger partial charge on any atom is 0.306 e. The third-order valence-corrected chi connectivity index (χ3v) is 14.5. The molecule has 1 fully saturated rings. The van der Waals surface area contributed by atoms with Crippen LogP contribution in [0.4, 0.5) is 0 Å². The molecule has 0 spiro atoms. The lowest BCUT2D eigenvalue weighted by atomic mass is 9.99. The van der Waals surface area contributed by atoms with Crippen molar-refractivity contribution in [2.45, 2.75) is 314 Å². The summed E-state index contributed by atoms with van der Waals surface area (Å²) in [6.45, 7) is 5.64. The molecule has 11 heteroatoms. The van der Waals surface area contributed by atoms with Crippen LogP contribution in [0.15, 0.2) is 85.1 Å². The Bertz CT molecular complexity index is 1590. The molecule has 8 atom stereocenters. The second-order valence-corrected chi connectivity index (χ2v) is 21.8. The van der Waals surface area contributed by atoms with E-state index in [0.29, 0.717) is 12.8 Å². The minimum Gasteiger partial charge on any atom is -0.454 e. The molecular formula is C67H117NO10. The lowest BCUT2D eigenvalue weighted by Crippen LogP contribution is -2.61. The predicted octanol–water partition coefficient (Wildman–Crippen LogP) is 15.3. The van der Waals surface area contributed by atoms with Crippen molar-refractivity contribution in [2.75, 3.05) is 13.2 Å². The fourth-order valence-electron chi connectivity index (χ4n) is 9.50. The van der Waals surface area contributed by atoms with Crippen LogP contribution in [0.1, 0.15) is 265 Å². The number of hydrogen-bond acceptors (Lipinski definition) is 10. The summed E-state index contributed by atoms with van der Waals surface area (Å²) in [5.74, 6) is -1.22. The maximum absolute atomic E-state index is 13.4. The second kappa shape index (κ2) is 54.4. The minimum atomic E-state index is -1.63. The minimum absolute atomic E-state index is 0.0942. The first-order chi connectivity index (χ1) is 38.2. The lowest BCUT2D eigenvalue weighted by molar-refractivity contribution is -0.305. The van der Waals surface area contributed by atoms with Crippen molar-refractivity contribution in [2.24, 2.45) is 0 Å². The van der Waals surface area contributed by atoms with Crippen LogP contribution in [0.5, 0.6) is 0 Å². The zero-order chi connectivity index (χ0) is 56.8. The van der Waals surface area contributed by atoms with E-state index >= 15 is 0 Å². The Morgan fingerprint density at radius 3 is 1.41 bits per heavy atom. The largest absolute Gasteiger partial charge is 0.454 e. The lowest BCUT2D eigenvalue weighted by Gasteiger charge is -2.41. The summed E-state index contributed by atoms with van der Waals surface area (Å²) in [4.78, 5) is 26.5. The number of unbranched alkanes of at least 4 members (excludes halogenated alkanes) is 27. The Morgan fingerprint density at radius 2 is 0.923 bits per heavy atom. The van der Waals surface area contributed by atoms with Gasteiger partial charge in [-0.3, -0.25) is 9.59 Å². The van der Waals surface area contributed by atoms with Crippen LogP contribution in [0.25, 0.3) is 0 Å². The van der Waals surface area contributed by atoms with Crippen LogP contribution in [0.2, 0.25) is 0 Å². The molecular weight excluding hydrogens is 979 g/mol. The first kappa shape index (κ1) is 72.9. The van der Waals surface area contributed by atoms with Crippen LogP contribution < -0.4 is 5.32 Å². The van der Waals surface area contributed by atoms with Gasteiger partial charge in [-0.1, -0.05) is 247 Å². The molecule has 1 aliphatic heterocycles. The van der Waals surface area contributed by atoms with Gasteiger partial charge in [-0.05, 0) is 96.3 Å². The number of aliphatic hydroxyl groups excluding tert-OH is 5. The molecule has 0 radical (unpaired) electrons. The van der Waals surface area contributed by atoms with E-state index in [4.69, 9.17) is 14.2 Å². The van der Waals surface area contributed by atoms with Gasteiger partial charge in [0.15, 0.2) is 12.4 Å². The maximum atomic E-state index is 13.4. The highest BCUT2D eigenvalue weighted by Gasteiger charge is 2.47. The highest BCUT2D eigenvalue weighted by Crippen LogP contribution is 2.26. The van der Waals surface area contributed by atoms with E-state index in [-0.39, 0.29) is 19.4 Å². The summed E-state index contributed by atoms with van der Waals surface area (Å²) in [5, 5.41) is 57.0. The van der Waals surface area contributed by atoms with E-state index in [2.05, 4.69) is 99.0 Å². The van der Waals surface area contributed by atoms with Crippen molar-refractivity contribution >= 4 is 11.9 Å². The van der Waals surface area contributed by atoms with E-state index in [9.17, 15) is 35.1 Å². The van der Waals surface area contributed by atoms with Gasteiger partial charge in [0.25, 0.3) is 0 Å². The highest BCUT2D eigenvalue weighted by atomic mass is 16.7. The smallest absolute Gasteiger partial charge is 0.306 e. The monoisotopic (exact) mass is 1100 g/mol. The zero-order valence-electron chi connectivity index (χ0n) is 49.8. The molecule has 78 heavy (non-hydrogen) atoms. The third-order valence-electron chi connectivity index (χ3n) is 14.5. The van der Waals surface area contributed by atoms with Crippen LogP contribution in [0.3, 0.4) is 0 Å². The molecule has 0 aromatic rings. The van der Waals surface area contributed by atoms with E-state index in [1.165, 1.54) is 116 Å². The highest BCUT2D eigenvalue weighted by molar-refractivity contribution is 5.80. The molecule has 0 bridgehead atoms. The fraction of sp³-hybridized carbons (Fsp3) is 0.761. The van der Waals surface area contributed by atoms with Crippen molar-refractivity contribution in [3.05, 3.63) is 85.1 Å². The van der Waals surface area contributed by atoms with Crippen LogP contribution in [-0.4, -0.2) is 99.6 Å². The summed E-state index contributed by atoms with van der Waals surface area (Å²) in [5.41, 5.74) is 0. The van der Waals surface area contributed by atoms with Crippen LogP contribution >= 0.6 is 0 Å². The van der Waals surface area contributed by atoms with Gasteiger partial charge < -0.3 is 45.1 Å². The van der Waals surface area contributed by atoms with Crippen molar-refractivity contribution in [3.8, 4) is 0 Å². The molecule has 6 N–H and O–H groups in total. The number of aliphatic hydroxyl groups is 5. The van der Waals surface area contributed by atoms with Gasteiger partial charge in [-0.15, -0.1) is 0 Å². The summed E-state index contributed by atoms with van der Waals surface area (Å²) in [6.07, 6.45) is 60.5. The number of hydrogen-bond donors (Lipinski definition) is 6. The molecule has 0 saturated carbocycles. The molecule has 1 saturated heterocycles. The summed E-state index contributed by atoms with van der Waals surface area (Å²) < 4.78 is 17.6. The summed E-state index contributed by atoms with van der Waals surface area (Å²) in [6, 6.07) is -1.04. The summed E-state index contributed by atoms with van der Waals surface area (Å²) >= 11 is 0. The first-order valence-corrected chi connectivity index (χ1v) is 31.9. The van der Waals surface area contributed by atoms with E-state index in [1.807, 2.05) is 6.08 Å². The Labute approximate surface area is 476 Å². The second-order valence-electron chi connectivity index (χ2n) is 21.8. The van der Waals surface area contributed by atoms with E-state index in [1.54, 1.807) is 6.08 Å². The van der Waals surface area contributed by atoms with Gasteiger partial charge in [0, 0.05) is 6.42 Å². The summed E-state index contributed by atoms with van der Waals surface area (Å²) in [7, 11) is 0. The number of carbonyl (C=O) groups excluding carboxylic acids is 2. The van der Waals surface area contributed by atoms with Crippen molar-refractivity contribution in [1.82, 2.24) is 5.32 Å². The van der Waals surface area contributed by atoms with Crippen LogP contribution in [-0.2, 0) is 23.8 Å². The third kappa shape index (κ3) is 41.8. The van der Waals surface area contributed by atoms with Crippen LogP contribution in [0, 0.1) is 0 Å². The van der Waals surface area contributed by atoms with E-state index in [0.717, 1.165) is 103 Å². The Kier molecular flexibility index (Phi) is 50.8. The average molecular weight is 1100 g/mol. The average Bonchev–Trinajstić information content (AvgIpc) is 3.46. The van der Waals surface area contributed by atoms with Gasteiger partial charge in [-0.25, -0.2) is 0 Å². The van der Waals surface area contributed by atoms with Gasteiger partial charge in [-0.2, -0.15) is 0 Å². The first-order valence-electron chi connectivity index (χ1n) is 31.9. The molecule has 0 aromatic carbocycles. The number of amides is 1. The van der Waals surface area contributed by atoms with Gasteiger partial charge >= 0.3 is 5.97 Å². The van der Waals surface area contributed by atoms with Gasteiger partial charge in [0.05, 0.1) is 25.4 Å². The van der Waals surface area contributed by atoms with Gasteiger partial charge in [0.1, 0.15) is 24.4 Å². The van der Waals surface area contributed by atoms with Crippen molar-refractivity contribution in [3.63, 3.8) is 0 Å². The topological polar surface area (TPSA) is 175 Å². The molecule has 8 unspecified atom stereocenters. The quantitative estimate of drug-likeness (QED) is 0.0195. The number of esters is 1. The zero-order valence-corrected chi connectivity index (χ0v) is 49.8. The van der Waals surface area contributed by atoms with Crippen molar-refractivity contribution < 1.29 is 49.3 Å². The van der Waals surface area contributed by atoms with Crippen molar-refractivity contribution in [1.29, 1.82) is 0 Å². The molecule has 1 aliphatic rings. The van der Waals surface area contributed by atoms with E-state index < -0.39 is 67.4 Å². The Morgan fingerprint density at radius 1 is 0.513 bits per heavy atom. The standard InChI is InChI=1S/C67H117NO10/c1-4-7-10-13-16-19-22-25-27-28-29-30-31-32-33-34-36-39-42-45-48-51-54-60(71)66(75)68-58(59(70)53-50-47-44-41-38-35-24-21-18-15-12-9-6-3)57-76-67-65(64(74)63(73)61(56-69)77-67)78-62(72)55-52-49-46-43-40-37-26-23-20-17-14-11-8-5-2/h8,11,16-17,19-20,25-27,29-30,37,50,53,58-61,63-65,67,69-71,73-74H,4-7,9-10,12-15,18,21-24,28,31-36,38-49,51-52,54-57H2,1-3H3,(H,68,75)/b11-8+,19-16-,20-17+,27-25-,30-29-,37-26+,53-50+. The number of nitrogens with one attached hydrogen (secondary N) is 1. The predicted molar refractivity (Wildman–Crippen MR) is 324 cm³/mol. The number of rotatable bonds is 53. The Hall–Kier alpha value is -3.16. The number of carbonyl (C=O) groups is 2. The normalized spacial score (nSPS) is 19.5. The van der Waals surface area contributed by atoms with Gasteiger partial charge in [0.2, 0.25) is 5.91 Å². The fourth-order valence-corrected chi connectivity index (χ4v) is 9.50. The Balaban J connectivity index is 2.67. The SMILES string of the molecule is CC/C=C/C/C=C/C/C=C/CCCCCCC(=O)OC1C(OCC(NC(=O)C(O)CCCCCCCCCCC/C=C\C/C=C\C/C=C\CCCCC)C(O)/C=C/CCCCCCCCCCCCC)OC(CO)C(O)C1O. The molecule has 0 aliphatic carbocycles. The molecule has 1 amide bonds.